The molecule has 1 N–H and O–H groups in total. The second kappa shape index (κ2) is 9.16. The molecule has 0 saturated carbocycles. The van der Waals surface area contributed by atoms with Crippen molar-refractivity contribution in [2.45, 2.75) is 31.8 Å². The van der Waals surface area contributed by atoms with Gasteiger partial charge in [0.1, 0.15) is 17.6 Å². The molecule has 142 valence electrons. The summed E-state index contributed by atoms with van der Waals surface area (Å²) in [6.07, 6.45) is 1.57. The van der Waals surface area contributed by atoms with Gasteiger partial charge in [-0.1, -0.05) is 30.3 Å². The molecule has 0 radical (unpaired) electrons. The zero-order valence-corrected chi connectivity index (χ0v) is 15.1. The smallest absolute Gasteiger partial charge is 0.242 e. The Labute approximate surface area is 158 Å². The lowest BCUT2D eigenvalue weighted by Gasteiger charge is -2.24. The van der Waals surface area contributed by atoms with Crippen LogP contribution in [0.1, 0.15) is 24.8 Å². The van der Waals surface area contributed by atoms with Crippen LogP contribution in [0.4, 0.5) is 4.39 Å². The summed E-state index contributed by atoms with van der Waals surface area (Å²) in [6.45, 7) is 1.33. The van der Waals surface area contributed by atoms with Gasteiger partial charge in [0.05, 0.1) is 6.61 Å². The summed E-state index contributed by atoms with van der Waals surface area (Å²) in [5.74, 6) is 0.177. The van der Waals surface area contributed by atoms with Gasteiger partial charge in [0.25, 0.3) is 0 Å². The van der Waals surface area contributed by atoms with Crippen molar-refractivity contribution < 1.29 is 18.7 Å². The highest BCUT2D eigenvalue weighted by Crippen LogP contribution is 2.21. The standard InChI is InChI=1S/C21H23FN2O3/c22-17-7-9-18(10-8-17)27-14-4-13-23-21(26)19-11-12-20(25)24(19)15-16-5-2-1-3-6-16/h1-3,5-10,19H,4,11-15H2,(H,23,26). The van der Waals surface area contributed by atoms with Crippen LogP contribution in [-0.2, 0) is 16.1 Å². The Morgan fingerprint density at radius 3 is 2.63 bits per heavy atom. The first-order valence-electron chi connectivity index (χ1n) is 9.13. The lowest BCUT2D eigenvalue weighted by Crippen LogP contribution is -2.44. The highest BCUT2D eigenvalue weighted by atomic mass is 19.1. The minimum Gasteiger partial charge on any atom is -0.494 e. The normalized spacial score (nSPS) is 16.4. The summed E-state index contributed by atoms with van der Waals surface area (Å²) in [4.78, 5) is 26.3. The zero-order valence-electron chi connectivity index (χ0n) is 15.1. The molecule has 2 amide bonds. The van der Waals surface area contributed by atoms with Crippen molar-refractivity contribution in [1.29, 1.82) is 0 Å². The van der Waals surface area contributed by atoms with Gasteiger partial charge in [0, 0.05) is 19.5 Å². The van der Waals surface area contributed by atoms with Crippen molar-refractivity contribution >= 4 is 11.8 Å². The van der Waals surface area contributed by atoms with Crippen LogP contribution in [-0.4, -0.2) is 35.9 Å². The first kappa shape index (κ1) is 18.9. The number of benzene rings is 2. The number of amides is 2. The van der Waals surface area contributed by atoms with Gasteiger partial charge in [-0.3, -0.25) is 9.59 Å². The molecule has 0 aromatic heterocycles. The molecule has 0 spiro atoms. The fourth-order valence-corrected chi connectivity index (χ4v) is 3.11. The molecule has 5 nitrogen and oxygen atoms in total. The third kappa shape index (κ3) is 5.29. The fraction of sp³-hybridized carbons (Fsp3) is 0.333. The van der Waals surface area contributed by atoms with Crippen LogP contribution in [0.2, 0.25) is 0 Å². The fourth-order valence-electron chi connectivity index (χ4n) is 3.11. The van der Waals surface area contributed by atoms with E-state index in [2.05, 4.69) is 5.32 Å². The molecule has 1 atom stereocenters. The van der Waals surface area contributed by atoms with Crippen LogP contribution >= 0.6 is 0 Å². The predicted octanol–water partition coefficient (Wildman–Crippen LogP) is 2.90. The van der Waals surface area contributed by atoms with E-state index in [1.54, 1.807) is 17.0 Å². The van der Waals surface area contributed by atoms with Gasteiger partial charge in [0.15, 0.2) is 0 Å². The molecule has 27 heavy (non-hydrogen) atoms. The number of ether oxygens (including phenoxy) is 1. The van der Waals surface area contributed by atoms with Crippen LogP contribution in [0, 0.1) is 5.82 Å². The van der Waals surface area contributed by atoms with Crippen molar-refractivity contribution in [2.24, 2.45) is 0 Å². The number of halogens is 1. The molecule has 1 aliphatic heterocycles. The Hall–Kier alpha value is -2.89. The van der Waals surface area contributed by atoms with Crippen molar-refractivity contribution in [3.05, 3.63) is 66.0 Å². The van der Waals surface area contributed by atoms with E-state index in [1.165, 1.54) is 12.1 Å². The van der Waals surface area contributed by atoms with Gasteiger partial charge in [-0.2, -0.15) is 0 Å². The molecule has 0 aliphatic carbocycles. The van der Waals surface area contributed by atoms with Crippen molar-refractivity contribution in [3.8, 4) is 5.75 Å². The van der Waals surface area contributed by atoms with Gasteiger partial charge in [0.2, 0.25) is 11.8 Å². The van der Waals surface area contributed by atoms with E-state index in [0.717, 1.165) is 5.56 Å². The summed E-state index contributed by atoms with van der Waals surface area (Å²) in [5, 5.41) is 2.88. The number of nitrogens with one attached hydrogen (secondary N) is 1. The average Bonchev–Trinajstić information content (AvgIpc) is 3.04. The monoisotopic (exact) mass is 370 g/mol. The summed E-state index contributed by atoms with van der Waals surface area (Å²) >= 11 is 0. The second-order valence-corrected chi connectivity index (χ2v) is 6.51. The maximum absolute atomic E-state index is 12.8. The molecule has 2 aromatic carbocycles. The quantitative estimate of drug-likeness (QED) is 0.727. The number of hydrogen-bond donors (Lipinski definition) is 1. The number of carbonyl (C=O) groups excluding carboxylic acids is 2. The largest absolute Gasteiger partial charge is 0.494 e. The predicted molar refractivity (Wildman–Crippen MR) is 99.5 cm³/mol. The van der Waals surface area contributed by atoms with Crippen LogP contribution in [0.25, 0.3) is 0 Å². The maximum atomic E-state index is 12.8. The van der Waals surface area contributed by atoms with Gasteiger partial charge >= 0.3 is 0 Å². The Balaban J connectivity index is 1.42. The number of likely N-dealkylation sites (tertiary alicyclic amines) is 1. The summed E-state index contributed by atoms with van der Waals surface area (Å²) in [7, 11) is 0. The van der Waals surface area contributed by atoms with E-state index >= 15 is 0 Å². The van der Waals surface area contributed by atoms with Gasteiger partial charge in [-0.25, -0.2) is 4.39 Å². The second-order valence-electron chi connectivity index (χ2n) is 6.51. The molecule has 2 aromatic rings. The molecule has 1 aliphatic rings. The van der Waals surface area contributed by atoms with E-state index in [-0.39, 0.29) is 17.6 Å². The maximum Gasteiger partial charge on any atom is 0.242 e. The molecule has 1 saturated heterocycles. The molecule has 1 fully saturated rings. The van der Waals surface area contributed by atoms with E-state index in [9.17, 15) is 14.0 Å². The Kier molecular flexibility index (Phi) is 6.41. The van der Waals surface area contributed by atoms with Crippen LogP contribution in [0.3, 0.4) is 0 Å². The van der Waals surface area contributed by atoms with E-state index < -0.39 is 6.04 Å². The molecule has 3 rings (SSSR count). The Morgan fingerprint density at radius 2 is 1.89 bits per heavy atom. The highest BCUT2D eigenvalue weighted by molar-refractivity contribution is 5.90. The molecule has 1 unspecified atom stereocenters. The average molecular weight is 370 g/mol. The first-order chi connectivity index (χ1) is 13.1. The third-order valence-electron chi connectivity index (χ3n) is 4.53. The number of carbonyl (C=O) groups is 2. The van der Waals surface area contributed by atoms with Crippen molar-refractivity contribution in [3.63, 3.8) is 0 Å². The van der Waals surface area contributed by atoms with E-state index in [1.807, 2.05) is 30.3 Å². The Bertz CT molecular complexity index is 765. The van der Waals surface area contributed by atoms with E-state index in [0.29, 0.717) is 44.7 Å². The summed E-state index contributed by atoms with van der Waals surface area (Å²) in [5.41, 5.74) is 1.01. The van der Waals surface area contributed by atoms with Crippen LogP contribution < -0.4 is 10.1 Å². The SMILES string of the molecule is O=C(NCCCOc1ccc(F)cc1)C1CCC(=O)N1Cc1ccccc1. The molecule has 0 bridgehead atoms. The van der Waals surface area contributed by atoms with Gasteiger partial charge in [-0.05, 0) is 42.7 Å². The van der Waals surface area contributed by atoms with E-state index in [4.69, 9.17) is 4.74 Å². The van der Waals surface area contributed by atoms with Crippen LogP contribution in [0.5, 0.6) is 5.75 Å². The van der Waals surface area contributed by atoms with Crippen LogP contribution in [0.15, 0.2) is 54.6 Å². The van der Waals surface area contributed by atoms with Crippen molar-refractivity contribution in [2.75, 3.05) is 13.2 Å². The Morgan fingerprint density at radius 1 is 1.15 bits per heavy atom. The van der Waals surface area contributed by atoms with Gasteiger partial charge in [-0.15, -0.1) is 0 Å². The van der Waals surface area contributed by atoms with Gasteiger partial charge < -0.3 is 15.0 Å². The van der Waals surface area contributed by atoms with Crippen molar-refractivity contribution in [1.82, 2.24) is 10.2 Å². The number of rotatable bonds is 8. The number of hydrogen-bond acceptors (Lipinski definition) is 3. The molecular formula is C21H23FN2O3. The minimum absolute atomic E-state index is 0.0126. The number of nitrogens with zero attached hydrogens (tertiary/aromatic N) is 1. The zero-order chi connectivity index (χ0) is 19.1. The molecule has 6 heteroatoms. The first-order valence-corrected chi connectivity index (χ1v) is 9.13. The molecule has 1 heterocycles. The lowest BCUT2D eigenvalue weighted by molar-refractivity contribution is -0.135. The molecular weight excluding hydrogens is 347 g/mol. The summed E-state index contributed by atoms with van der Waals surface area (Å²) < 4.78 is 18.3. The lowest BCUT2D eigenvalue weighted by atomic mass is 10.1. The minimum atomic E-state index is -0.421. The summed E-state index contributed by atoms with van der Waals surface area (Å²) in [6, 6.07) is 15.1. The third-order valence-corrected chi connectivity index (χ3v) is 4.53. The highest BCUT2D eigenvalue weighted by Gasteiger charge is 2.35. The topological polar surface area (TPSA) is 58.6 Å².